The van der Waals surface area contributed by atoms with Crippen LogP contribution in [0.25, 0.3) is 0 Å². The number of hydrogen-bond acceptors (Lipinski definition) is 2. The van der Waals surface area contributed by atoms with Crippen molar-refractivity contribution in [2.24, 2.45) is 11.8 Å². The van der Waals surface area contributed by atoms with E-state index < -0.39 is 5.97 Å². The molecule has 1 fully saturated rings. The lowest BCUT2D eigenvalue weighted by Crippen LogP contribution is -2.39. The highest BCUT2D eigenvalue weighted by Crippen LogP contribution is 2.28. The third kappa shape index (κ3) is 6.06. The number of aliphatic carboxylic acids is 1. The zero-order chi connectivity index (χ0) is 12.7. The van der Waals surface area contributed by atoms with Crippen LogP contribution in [0.1, 0.15) is 58.8 Å². The Hall–Kier alpha value is -0.570. The Labute approximate surface area is 105 Å². The van der Waals surface area contributed by atoms with Crippen LogP contribution in [0.4, 0.5) is 0 Å². The Morgan fingerprint density at radius 3 is 2.65 bits per heavy atom. The van der Waals surface area contributed by atoms with Gasteiger partial charge in [-0.25, -0.2) is 0 Å². The molecule has 1 aliphatic rings. The van der Waals surface area contributed by atoms with Crippen LogP contribution in [0.3, 0.4) is 0 Å². The van der Waals surface area contributed by atoms with Crippen molar-refractivity contribution >= 4 is 5.97 Å². The Kier molecular flexibility index (Phi) is 6.56. The van der Waals surface area contributed by atoms with E-state index in [1.807, 2.05) is 0 Å². The van der Waals surface area contributed by atoms with Gasteiger partial charge in [-0.05, 0) is 50.5 Å². The van der Waals surface area contributed by atoms with E-state index in [0.717, 1.165) is 37.6 Å². The molecular formula is C14H27NO2. The molecule has 100 valence electrons. The molecule has 0 aromatic carbocycles. The molecule has 0 aromatic heterocycles. The van der Waals surface area contributed by atoms with Crippen LogP contribution in [-0.4, -0.2) is 23.7 Å². The van der Waals surface area contributed by atoms with E-state index in [9.17, 15) is 4.79 Å². The largest absolute Gasteiger partial charge is 0.481 e. The third-order valence-electron chi connectivity index (χ3n) is 3.91. The van der Waals surface area contributed by atoms with Crippen molar-refractivity contribution in [3.05, 3.63) is 0 Å². The number of carboxylic acid groups (broad SMARTS) is 1. The minimum atomic E-state index is -0.673. The molecule has 0 radical (unpaired) electrons. The average molecular weight is 241 g/mol. The fourth-order valence-corrected chi connectivity index (χ4v) is 2.83. The zero-order valence-electron chi connectivity index (χ0n) is 11.2. The maximum absolute atomic E-state index is 10.3. The van der Waals surface area contributed by atoms with Crippen molar-refractivity contribution in [1.82, 2.24) is 5.32 Å². The highest BCUT2D eigenvalue weighted by molar-refractivity contribution is 5.66. The Morgan fingerprint density at radius 2 is 2.00 bits per heavy atom. The summed E-state index contributed by atoms with van der Waals surface area (Å²) in [4.78, 5) is 10.3. The first-order chi connectivity index (χ1) is 8.09. The van der Waals surface area contributed by atoms with Gasteiger partial charge in [0.15, 0.2) is 0 Å². The van der Waals surface area contributed by atoms with E-state index in [2.05, 4.69) is 19.2 Å². The molecule has 0 aliphatic heterocycles. The summed E-state index contributed by atoms with van der Waals surface area (Å²) < 4.78 is 0. The summed E-state index contributed by atoms with van der Waals surface area (Å²) in [7, 11) is 0. The molecule has 0 aromatic rings. The molecule has 1 rings (SSSR count). The van der Waals surface area contributed by atoms with Gasteiger partial charge in [0.2, 0.25) is 0 Å². The maximum Gasteiger partial charge on any atom is 0.303 e. The number of carboxylic acids is 1. The van der Waals surface area contributed by atoms with E-state index in [0.29, 0.717) is 12.5 Å². The quantitative estimate of drug-likeness (QED) is 0.674. The second-order valence-corrected chi connectivity index (χ2v) is 5.66. The molecule has 1 aliphatic carbocycles. The molecule has 0 amide bonds. The van der Waals surface area contributed by atoms with Gasteiger partial charge >= 0.3 is 5.97 Å². The first kappa shape index (κ1) is 14.5. The second kappa shape index (κ2) is 7.70. The van der Waals surface area contributed by atoms with Gasteiger partial charge in [-0.1, -0.05) is 20.3 Å². The van der Waals surface area contributed by atoms with Gasteiger partial charge in [0.05, 0.1) is 0 Å². The van der Waals surface area contributed by atoms with Crippen molar-refractivity contribution in [2.75, 3.05) is 6.54 Å². The summed E-state index contributed by atoms with van der Waals surface area (Å²) in [6.07, 6.45) is 7.25. The lowest BCUT2D eigenvalue weighted by Gasteiger charge is -2.33. The molecule has 3 atom stereocenters. The van der Waals surface area contributed by atoms with Crippen LogP contribution in [0.5, 0.6) is 0 Å². The standard InChI is InChI=1S/C14H27NO2/c1-11-7-8-13(12(2)10-11)15-9-5-3-4-6-14(16)17/h11-13,15H,3-10H2,1-2H3,(H,16,17). The molecule has 0 heterocycles. The summed E-state index contributed by atoms with van der Waals surface area (Å²) in [6.45, 7) is 5.74. The Balaban J connectivity index is 2.00. The predicted octanol–water partition coefficient (Wildman–Crippen LogP) is 3.05. The number of carbonyl (C=O) groups is 1. The Bertz CT molecular complexity index is 230. The van der Waals surface area contributed by atoms with Gasteiger partial charge in [0, 0.05) is 12.5 Å². The summed E-state index contributed by atoms with van der Waals surface area (Å²) in [6, 6.07) is 0.686. The molecule has 1 saturated carbocycles. The van der Waals surface area contributed by atoms with E-state index >= 15 is 0 Å². The highest BCUT2D eigenvalue weighted by atomic mass is 16.4. The Morgan fingerprint density at radius 1 is 1.24 bits per heavy atom. The summed E-state index contributed by atoms with van der Waals surface area (Å²) in [5.41, 5.74) is 0. The van der Waals surface area contributed by atoms with Gasteiger partial charge in [0.25, 0.3) is 0 Å². The molecule has 0 bridgehead atoms. The molecule has 3 nitrogen and oxygen atoms in total. The van der Waals surface area contributed by atoms with Crippen LogP contribution in [0.2, 0.25) is 0 Å². The van der Waals surface area contributed by atoms with Crippen LogP contribution >= 0.6 is 0 Å². The normalized spacial score (nSPS) is 29.2. The summed E-state index contributed by atoms with van der Waals surface area (Å²) in [5.74, 6) is 1.00. The van der Waals surface area contributed by atoms with Gasteiger partial charge < -0.3 is 10.4 Å². The fraction of sp³-hybridized carbons (Fsp3) is 0.929. The zero-order valence-corrected chi connectivity index (χ0v) is 11.2. The van der Waals surface area contributed by atoms with E-state index in [-0.39, 0.29) is 0 Å². The average Bonchev–Trinajstić information content (AvgIpc) is 2.25. The van der Waals surface area contributed by atoms with Crippen LogP contribution in [0.15, 0.2) is 0 Å². The monoisotopic (exact) mass is 241 g/mol. The molecule has 17 heavy (non-hydrogen) atoms. The SMILES string of the molecule is CC1CCC(NCCCCCC(=O)O)C(C)C1. The lowest BCUT2D eigenvalue weighted by molar-refractivity contribution is -0.137. The van der Waals surface area contributed by atoms with Gasteiger partial charge in [-0.3, -0.25) is 4.79 Å². The van der Waals surface area contributed by atoms with E-state index in [1.54, 1.807) is 0 Å². The molecule has 3 heteroatoms. The topological polar surface area (TPSA) is 49.3 Å². The minimum Gasteiger partial charge on any atom is -0.481 e. The first-order valence-electron chi connectivity index (χ1n) is 7.04. The molecular weight excluding hydrogens is 214 g/mol. The number of nitrogens with one attached hydrogen (secondary N) is 1. The number of rotatable bonds is 7. The fourth-order valence-electron chi connectivity index (χ4n) is 2.83. The lowest BCUT2D eigenvalue weighted by atomic mass is 9.80. The van der Waals surface area contributed by atoms with Crippen molar-refractivity contribution in [2.45, 2.75) is 64.8 Å². The van der Waals surface area contributed by atoms with E-state index in [4.69, 9.17) is 5.11 Å². The van der Waals surface area contributed by atoms with E-state index in [1.165, 1.54) is 19.3 Å². The summed E-state index contributed by atoms with van der Waals surface area (Å²) in [5, 5.41) is 12.2. The van der Waals surface area contributed by atoms with Crippen molar-refractivity contribution in [3.8, 4) is 0 Å². The third-order valence-corrected chi connectivity index (χ3v) is 3.91. The molecule has 0 spiro atoms. The van der Waals surface area contributed by atoms with Crippen molar-refractivity contribution < 1.29 is 9.90 Å². The van der Waals surface area contributed by atoms with Gasteiger partial charge in [0.1, 0.15) is 0 Å². The predicted molar refractivity (Wildman–Crippen MR) is 70.1 cm³/mol. The molecule has 3 unspecified atom stereocenters. The van der Waals surface area contributed by atoms with Crippen LogP contribution in [-0.2, 0) is 4.79 Å². The van der Waals surface area contributed by atoms with Crippen molar-refractivity contribution in [3.63, 3.8) is 0 Å². The van der Waals surface area contributed by atoms with Crippen molar-refractivity contribution in [1.29, 1.82) is 0 Å². The summed E-state index contributed by atoms with van der Waals surface area (Å²) >= 11 is 0. The van der Waals surface area contributed by atoms with Gasteiger partial charge in [-0.2, -0.15) is 0 Å². The molecule has 2 N–H and O–H groups in total. The number of hydrogen-bond donors (Lipinski definition) is 2. The second-order valence-electron chi connectivity index (χ2n) is 5.66. The highest BCUT2D eigenvalue weighted by Gasteiger charge is 2.24. The number of unbranched alkanes of at least 4 members (excludes halogenated alkanes) is 2. The smallest absolute Gasteiger partial charge is 0.303 e. The van der Waals surface area contributed by atoms with Crippen LogP contribution < -0.4 is 5.32 Å². The maximum atomic E-state index is 10.3. The van der Waals surface area contributed by atoms with Crippen LogP contribution in [0, 0.1) is 11.8 Å². The minimum absolute atomic E-state index is 0.317. The first-order valence-corrected chi connectivity index (χ1v) is 7.04. The molecule has 0 saturated heterocycles. The van der Waals surface area contributed by atoms with Gasteiger partial charge in [-0.15, -0.1) is 0 Å².